The van der Waals surface area contributed by atoms with Gasteiger partial charge in [-0.2, -0.15) is 0 Å². The summed E-state index contributed by atoms with van der Waals surface area (Å²) in [5, 5.41) is 13.0. The van der Waals surface area contributed by atoms with Crippen molar-refractivity contribution in [3.05, 3.63) is 21.9 Å². The molecular formula is C15H18N2O3S. The highest BCUT2D eigenvalue weighted by molar-refractivity contribution is 7.10. The summed E-state index contributed by atoms with van der Waals surface area (Å²) >= 11 is 1.55. The molecule has 1 fully saturated rings. The van der Waals surface area contributed by atoms with E-state index in [4.69, 9.17) is 5.11 Å². The van der Waals surface area contributed by atoms with Gasteiger partial charge in [0.2, 0.25) is 11.8 Å². The Kier molecular flexibility index (Phi) is 4.78. The van der Waals surface area contributed by atoms with Crippen molar-refractivity contribution in [2.45, 2.75) is 32.4 Å². The molecule has 1 aliphatic rings. The smallest absolute Gasteiger partial charge is 0.246 e. The lowest BCUT2D eigenvalue weighted by atomic mass is 9.98. The maximum Gasteiger partial charge on any atom is 0.246 e. The lowest BCUT2D eigenvalue weighted by Crippen LogP contribution is -2.63. The van der Waals surface area contributed by atoms with E-state index in [1.807, 2.05) is 30.2 Å². The van der Waals surface area contributed by atoms with E-state index in [1.54, 1.807) is 11.3 Å². The van der Waals surface area contributed by atoms with Crippen LogP contribution in [0.2, 0.25) is 0 Å². The number of imide groups is 1. The monoisotopic (exact) mass is 306 g/mol. The summed E-state index contributed by atoms with van der Waals surface area (Å²) in [6.07, 6.45) is 0.457. The zero-order valence-electron chi connectivity index (χ0n) is 12.1. The Bertz CT molecular complexity index is 610. The third-order valence-corrected chi connectivity index (χ3v) is 4.33. The fraction of sp³-hybridized carbons (Fsp3) is 0.467. The minimum Gasteiger partial charge on any atom is -0.395 e. The van der Waals surface area contributed by atoms with Gasteiger partial charge >= 0.3 is 0 Å². The standard InChI is InChI=1S/C15H18N2O3S/c1-15(2)14(20)16-13(19)9-17(15)8-12-7-11(10-21-12)5-3-4-6-18/h7,10,18H,4,6,8-9H2,1-2H3,(H,16,19,20). The summed E-state index contributed by atoms with van der Waals surface area (Å²) in [5.41, 5.74) is 0.190. The predicted octanol–water partition coefficient (Wildman–Crippen LogP) is 0.719. The molecule has 0 saturated carbocycles. The molecule has 21 heavy (non-hydrogen) atoms. The summed E-state index contributed by atoms with van der Waals surface area (Å²) in [6.45, 7) is 4.43. The second-order valence-corrected chi connectivity index (χ2v) is 6.37. The maximum atomic E-state index is 11.9. The van der Waals surface area contributed by atoms with E-state index in [0.717, 1.165) is 10.4 Å². The van der Waals surface area contributed by atoms with Crippen LogP contribution in [0, 0.1) is 11.8 Å². The third-order valence-electron chi connectivity index (χ3n) is 3.40. The Hall–Kier alpha value is -1.68. The number of hydrogen-bond donors (Lipinski definition) is 2. The van der Waals surface area contributed by atoms with Crippen LogP contribution < -0.4 is 5.32 Å². The number of piperazine rings is 1. The van der Waals surface area contributed by atoms with E-state index < -0.39 is 5.54 Å². The highest BCUT2D eigenvalue weighted by Crippen LogP contribution is 2.24. The summed E-state index contributed by atoms with van der Waals surface area (Å²) in [4.78, 5) is 26.3. The van der Waals surface area contributed by atoms with Gasteiger partial charge in [-0.1, -0.05) is 11.8 Å². The molecule has 0 atom stereocenters. The van der Waals surface area contributed by atoms with E-state index in [0.29, 0.717) is 13.0 Å². The topological polar surface area (TPSA) is 69.6 Å². The van der Waals surface area contributed by atoms with Gasteiger partial charge < -0.3 is 5.11 Å². The Morgan fingerprint density at radius 1 is 1.48 bits per heavy atom. The first-order chi connectivity index (χ1) is 9.93. The second kappa shape index (κ2) is 6.39. The van der Waals surface area contributed by atoms with Gasteiger partial charge in [-0.15, -0.1) is 11.3 Å². The van der Waals surface area contributed by atoms with E-state index in [1.165, 1.54) is 0 Å². The number of aliphatic hydroxyl groups excluding tert-OH is 1. The van der Waals surface area contributed by atoms with Gasteiger partial charge in [0.1, 0.15) is 0 Å². The molecule has 112 valence electrons. The summed E-state index contributed by atoms with van der Waals surface area (Å²) in [7, 11) is 0. The Balaban J connectivity index is 2.09. The number of nitrogens with zero attached hydrogens (tertiary/aromatic N) is 1. The quantitative estimate of drug-likeness (QED) is 0.638. The van der Waals surface area contributed by atoms with Gasteiger partial charge in [-0.25, -0.2) is 0 Å². The second-order valence-electron chi connectivity index (χ2n) is 5.37. The van der Waals surface area contributed by atoms with Gasteiger partial charge in [0.05, 0.1) is 18.7 Å². The highest BCUT2D eigenvalue weighted by Gasteiger charge is 2.40. The molecule has 6 heteroatoms. The van der Waals surface area contributed by atoms with Gasteiger partial charge in [-0.05, 0) is 19.9 Å². The number of carbonyl (C=O) groups is 2. The van der Waals surface area contributed by atoms with Gasteiger partial charge in [0.25, 0.3) is 0 Å². The molecule has 0 aliphatic carbocycles. The number of amides is 2. The average Bonchev–Trinajstić information content (AvgIpc) is 2.84. The van der Waals surface area contributed by atoms with E-state index in [-0.39, 0.29) is 25.0 Å². The Labute approximate surface area is 128 Å². The highest BCUT2D eigenvalue weighted by atomic mass is 32.1. The number of nitrogens with one attached hydrogen (secondary N) is 1. The molecule has 0 radical (unpaired) electrons. The van der Waals surface area contributed by atoms with Crippen molar-refractivity contribution in [3.63, 3.8) is 0 Å². The fourth-order valence-electron chi connectivity index (χ4n) is 2.02. The van der Waals surface area contributed by atoms with E-state index in [9.17, 15) is 9.59 Å². The van der Waals surface area contributed by atoms with Crippen molar-refractivity contribution in [2.75, 3.05) is 13.2 Å². The van der Waals surface area contributed by atoms with Crippen molar-refractivity contribution >= 4 is 23.2 Å². The molecule has 0 aromatic carbocycles. The molecule has 2 heterocycles. The average molecular weight is 306 g/mol. The molecule has 2 N–H and O–H groups in total. The molecule has 1 aromatic heterocycles. The molecule has 0 spiro atoms. The van der Waals surface area contributed by atoms with Crippen LogP contribution in [0.1, 0.15) is 30.7 Å². The van der Waals surface area contributed by atoms with Crippen molar-refractivity contribution < 1.29 is 14.7 Å². The number of carbonyl (C=O) groups excluding carboxylic acids is 2. The molecule has 1 aliphatic heterocycles. The molecule has 2 rings (SSSR count). The van der Waals surface area contributed by atoms with Crippen molar-refractivity contribution in [2.24, 2.45) is 0 Å². The summed E-state index contributed by atoms with van der Waals surface area (Å²) in [5.74, 6) is 5.32. The minimum absolute atomic E-state index is 0.0587. The lowest BCUT2D eigenvalue weighted by molar-refractivity contribution is -0.145. The van der Waals surface area contributed by atoms with Gasteiger partial charge in [0.15, 0.2) is 0 Å². The van der Waals surface area contributed by atoms with Gasteiger partial charge in [0, 0.05) is 28.8 Å². The van der Waals surface area contributed by atoms with Crippen LogP contribution in [-0.4, -0.2) is 40.5 Å². The first-order valence-electron chi connectivity index (χ1n) is 6.70. The Morgan fingerprint density at radius 3 is 2.95 bits per heavy atom. The molecule has 0 unspecified atom stereocenters. The SMILES string of the molecule is CC1(C)C(=O)NC(=O)CN1Cc1cc(C#CCCO)cs1. The fourth-order valence-corrected chi connectivity index (χ4v) is 2.86. The van der Waals surface area contributed by atoms with Crippen molar-refractivity contribution in [1.29, 1.82) is 0 Å². The molecule has 1 aromatic rings. The molecule has 2 amide bonds. The summed E-state index contributed by atoms with van der Waals surface area (Å²) < 4.78 is 0. The third kappa shape index (κ3) is 3.70. The largest absolute Gasteiger partial charge is 0.395 e. The van der Waals surface area contributed by atoms with Crippen molar-refractivity contribution in [3.8, 4) is 11.8 Å². The van der Waals surface area contributed by atoms with Gasteiger partial charge in [-0.3, -0.25) is 19.8 Å². The van der Waals surface area contributed by atoms with Crippen LogP contribution in [-0.2, 0) is 16.1 Å². The zero-order valence-corrected chi connectivity index (χ0v) is 12.9. The van der Waals surface area contributed by atoms with E-state index >= 15 is 0 Å². The maximum absolute atomic E-state index is 11.9. The predicted molar refractivity (Wildman–Crippen MR) is 80.5 cm³/mol. The van der Waals surface area contributed by atoms with Crippen LogP contribution in [0.4, 0.5) is 0 Å². The molecule has 5 nitrogen and oxygen atoms in total. The first kappa shape index (κ1) is 15.7. The van der Waals surface area contributed by atoms with Crippen LogP contribution in [0.5, 0.6) is 0 Å². The summed E-state index contributed by atoms with van der Waals surface area (Å²) in [6, 6.07) is 1.96. The first-order valence-corrected chi connectivity index (χ1v) is 7.58. The molecular weight excluding hydrogens is 288 g/mol. The van der Waals surface area contributed by atoms with Crippen LogP contribution in [0.25, 0.3) is 0 Å². The van der Waals surface area contributed by atoms with E-state index in [2.05, 4.69) is 17.2 Å². The van der Waals surface area contributed by atoms with Crippen LogP contribution in [0.3, 0.4) is 0 Å². The number of thiophene rings is 1. The zero-order chi connectivity index (χ0) is 15.5. The molecule has 1 saturated heterocycles. The Morgan fingerprint density at radius 2 is 2.24 bits per heavy atom. The van der Waals surface area contributed by atoms with Crippen LogP contribution in [0.15, 0.2) is 11.4 Å². The molecule has 0 bridgehead atoms. The number of rotatable bonds is 3. The lowest BCUT2D eigenvalue weighted by Gasteiger charge is -2.39. The van der Waals surface area contributed by atoms with Crippen LogP contribution >= 0.6 is 11.3 Å². The number of aliphatic hydroxyl groups is 1. The normalized spacial score (nSPS) is 18.0. The van der Waals surface area contributed by atoms with Crippen molar-refractivity contribution in [1.82, 2.24) is 10.2 Å². The number of hydrogen-bond acceptors (Lipinski definition) is 5. The minimum atomic E-state index is -0.708.